The van der Waals surface area contributed by atoms with E-state index in [4.69, 9.17) is 5.21 Å². The van der Waals surface area contributed by atoms with Crippen LogP contribution in [0.5, 0.6) is 0 Å². The quantitative estimate of drug-likeness (QED) is 0.453. The van der Waals surface area contributed by atoms with Gasteiger partial charge in [-0.2, -0.15) is 10.3 Å². The van der Waals surface area contributed by atoms with Crippen LogP contribution in [0.1, 0.15) is 11.1 Å². The fraction of sp³-hybridized carbons (Fsp3) is 0. The van der Waals surface area contributed by atoms with Gasteiger partial charge in [0.2, 0.25) is 0 Å². The highest BCUT2D eigenvalue weighted by Crippen LogP contribution is 2.21. The van der Waals surface area contributed by atoms with E-state index in [2.05, 4.69) is 26.5 Å². The third-order valence-electron chi connectivity index (χ3n) is 3.60. The maximum absolute atomic E-state index is 10.9. The Morgan fingerprint density at radius 1 is 0.920 bits per heavy atom. The van der Waals surface area contributed by atoms with E-state index < -0.39 is 5.23 Å². The average molecular weight is 398 g/mol. The number of quaternary nitrogens is 1. The minimum Gasteiger partial charge on any atom is -0.595 e. The lowest BCUT2D eigenvalue weighted by Gasteiger charge is -2.12. The lowest BCUT2D eigenvalue weighted by molar-refractivity contribution is -0.991. The summed E-state index contributed by atoms with van der Waals surface area (Å²) in [6.07, 6.45) is 0. The van der Waals surface area contributed by atoms with Crippen LogP contribution in [0.25, 0.3) is 0 Å². The number of nitrogens with zero attached hydrogens (tertiary/aromatic N) is 1. The lowest BCUT2D eigenvalue weighted by atomic mass is 10.0. The molecule has 0 saturated carbocycles. The summed E-state index contributed by atoms with van der Waals surface area (Å²) in [7, 11) is 0. The van der Waals surface area contributed by atoms with Gasteiger partial charge in [-0.15, -0.1) is 0 Å². The SMILES string of the molecule is [O-][NH+](O)c1ccc(NN=C(c2ccccc2)c2ccccc2Br)cc1. The van der Waals surface area contributed by atoms with Crippen LogP contribution >= 0.6 is 15.9 Å². The van der Waals surface area contributed by atoms with Crippen LogP contribution in [0, 0.1) is 5.21 Å². The molecule has 3 aromatic rings. The Labute approximate surface area is 153 Å². The first-order chi connectivity index (χ1) is 12.1. The largest absolute Gasteiger partial charge is 0.595 e. The highest BCUT2D eigenvalue weighted by molar-refractivity contribution is 9.10. The summed E-state index contributed by atoms with van der Waals surface area (Å²) in [6, 6.07) is 24.2. The molecule has 0 amide bonds. The van der Waals surface area contributed by atoms with E-state index in [0.717, 1.165) is 21.3 Å². The molecule has 25 heavy (non-hydrogen) atoms. The monoisotopic (exact) mass is 397 g/mol. The van der Waals surface area contributed by atoms with Gasteiger partial charge in [-0.1, -0.05) is 64.5 Å². The van der Waals surface area contributed by atoms with Gasteiger partial charge >= 0.3 is 0 Å². The molecular weight excluding hydrogens is 382 g/mol. The predicted octanol–water partition coefficient (Wildman–Crippen LogP) is 3.72. The highest BCUT2D eigenvalue weighted by Gasteiger charge is 2.10. The van der Waals surface area contributed by atoms with Gasteiger partial charge in [-0.25, -0.2) is 5.21 Å². The molecule has 0 aliphatic heterocycles. The van der Waals surface area contributed by atoms with Crippen molar-refractivity contribution < 1.29 is 10.4 Å². The Bertz CT molecular complexity index is 865. The predicted molar refractivity (Wildman–Crippen MR) is 102 cm³/mol. The number of hydrogen-bond donors (Lipinski definition) is 3. The molecule has 3 rings (SSSR count). The highest BCUT2D eigenvalue weighted by atomic mass is 79.9. The van der Waals surface area contributed by atoms with E-state index in [9.17, 15) is 5.21 Å². The van der Waals surface area contributed by atoms with Crippen LogP contribution in [0.3, 0.4) is 0 Å². The minimum absolute atomic E-state index is 0.239. The number of benzene rings is 3. The second-order valence-electron chi connectivity index (χ2n) is 5.30. The standard InChI is InChI=1S/C19H16BrN3O2/c20-18-9-5-4-8-17(18)19(14-6-2-1-3-7-14)22-21-15-10-12-16(13-11-15)23(24)25/h1-13,21,23-24H. The van der Waals surface area contributed by atoms with Crippen molar-refractivity contribution in [3.63, 3.8) is 0 Å². The van der Waals surface area contributed by atoms with Crippen LogP contribution in [-0.2, 0) is 0 Å². The number of hydrogen-bond acceptors (Lipinski definition) is 4. The lowest BCUT2D eigenvalue weighted by Crippen LogP contribution is -2.99. The Kier molecular flexibility index (Phi) is 5.57. The van der Waals surface area contributed by atoms with Crippen molar-refractivity contribution >= 4 is 33.0 Å². The van der Waals surface area contributed by atoms with Gasteiger partial charge in [0.25, 0.3) is 0 Å². The van der Waals surface area contributed by atoms with Crippen molar-refractivity contribution in [3.05, 3.63) is 99.7 Å². The van der Waals surface area contributed by atoms with Gasteiger partial charge in [0.1, 0.15) is 0 Å². The molecule has 0 radical (unpaired) electrons. The molecule has 0 heterocycles. The van der Waals surface area contributed by atoms with Crippen LogP contribution in [0.2, 0.25) is 0 Å². The smallest absolute Gasteiger partial charge is 0.163 e. The second kappa shape index (κ2) is 8.04. The van der Waals surface area contributed by atoms with Crippen molar-refractivity contribution in [2.24, 2.45) is 5.10 Å². The Balaban J connectivity index is 1.94. The molecule has 3 N–H and O–H groups in total. The van der Waals surface area contributed by atoms with Gasteiger partial charge in [-0.3, -0.25) is 5.43 Å². The number of nitrogens with one attached hydrogen (secondary N) is 2. The average Bonchev–Trinajstić information content (AvgIpc) is 2.64. The third-order valence-corrected chi connectivity index (χ3v) is 4.30. The van der Waals surface area contributed by atoms with Crippen molar-refractivity contribution in [1.82, 2.24) is 0 Å². The molecule has 0 bridgehead atoms. The summed E-state index contributed by atoms with van der Waals surface area (Å²) in [5.41, 5.74) is 6.69. The van der Waals surface area contributed by atoms with Crippen molar-refractivity contribution in [3.8, 4) is 0 Å². The maximum Gasteiger partial charge on any atom is 0.163 e. The van der Waals surface area contributed by atoms with E-state index in [0.29, 0.717) is 5.69 Å². The molecule has 1 unspecified atom stereocenters. The molecule has 0 saturated heterocycles. The molecule has 1 atom stereocenters. The number of anilines is 1. The third kappa shape index (κ3) is 4.32. The van der Waals surface area contributed by atoms with Crippen LogP contribution in [0.4, 0.5) is 11.4 Å². The molecule has 3 aromatic carbocycles. The number of halogens is 1. The topological polar surface area (TPSA) is 72.1 Å². The summed E-state index contributed by atoms with van der Waals surface area (Å²) in [5.74, 6) is 0. The Morgan fingerprint density at radius 3 is 2.20 bits per heavy atom. The first kappa shape index (κ1) is 17.3. The van der Waals surface area contributed by atoms with E-state index in [1.807, 2.05) is 54.6 Å². The zero-order valence-electron chi connectivity index (χ0n) is 13.2. The first-order valence-electron chi connectivity index (χ1n) is 7.62. The van der Waals surface area contributed by atoms with Crippen molar-refractivity contribution in [1.29, 1.82) is 0 Å². The summed E-state index contributed by atoms with van der Waals surface area (Å²) in [5, 5.41) is 23.5. The normalized spacial score (nSPS) is 12.7. The van der Waals surface area contributed by atoms with E-state index in [-0.39, 0.29) is 5.69 Å². The van der Waals surface area contributed by atoms with Gasteiger partial charge in [0.15, 0.2) is 5.69 Å². The summed E-state index contributed by atoms with van der Waals surface area (Å²) in [6.45, 7) is 0. The molecular formula is C19H16BrN3O2. The zero-order valence-corrected chi connectivity index (χ0v) is 14.8. The molecule has 5 nitrogen and oxygen atoms in total. The molecule has 0 aliphatic rings. The molecule has 126 valence electrons. The second-order valence-corrected chi connectivity index (χ2v) is 6.15. The van der Waals surface area contributed by atoms with E-state index in [1.54, 1.807) is 24.3 Å². The molecule has 0 aromatic heterocycles. The van der Waals surface area contributed by atoms with Crippen LogP contribution in [0.15, 0.2) is 88.4 Å². The summed E-state index contributed by atoms with van der Waals surface area (Å²) < 4.78 is 0.945. The van der Waals surface area contributed by atoms with Gasteiger partial charge in [-0.05, 0) is 18.2 Å². The van der Waals surface area contributed by atoms with Crippen molar-refractivity contribution in [2.75, 3.05) is 5.43 Å². The van der Waals surface area contributed by atoms with E-state index in [1.165, 1.54) is 0 Å². The number of rotatable bonds is 5. The zero-order chi connectivity index (χ0) is 17.6. The minimum atomic E-state index is -0.951. The summed E-state index contributed by atoms with van der Waals surface area (Å²) >= 11 is 3.57. The molecule has 0 aliphatic carbocycles. The Morgan fingerprint density at radius 2 is 1.56 bits per heavy atom. The van der Waals surface area contributed by atoms with Gasteiger partial charge in [0.05, 0.1) is 11.4 Å². The first-order valence-corrected chi connectivity index (χ1v) is 8.42. The van der Waals surface area contributed by atoms with Crippen molar-refractivity contribution in [2.45, 2.75) is 0 Å². The van der Waals surface area contributed by atoms with Crippen LogP contribution in [-0.4, -0.2) is 10.9 Å². The molecule has 6 heteroatoms. The molecule has 0 spiro atoms. The van der Waals surface area contributed by atoms with Crippen LogP contribution < -0.4 is 10.7 Å². The van der Waals surface area contributed by atoms with Gasteiger partial charge < -0.3 is 5.21 Å². The number of hydrazone groups is 1. The molecule has 0 fully saturated rings. The summed E-state index contributed by atoms with van der Waals surface area (Å²) in [4.78, 5) is 0. The van der Waals surface area contributed by atoms with E-state index >= 15 is 0 Å². The fourth-order valence-corrected chi connectivity index (χ4v) is 2.81. The fourth-order valence-electron chi connectivity index (χ4n) is 2.34. The maximum atomic E-state index is 10.9. The Hall–Kier alpha value is -2.51. The van der Waals surface area contributed by atoms with Gasteiger partial charge in [0, 0.05) is 27.7 Å².